The third-order valence-electron chi connectivity index (χ3n) is 6.60. The molecular formula is C26H22BrClN6O4S2. The Hall–Kier alpha value is -2.41. The van der Waals surface area contributed by atoms with Gasteiger partial charge in [-0.3, -0.25) is 0 Å². The molecule has 2 aliphatic rings. The summed E-state index contributed by atoms with van der Waals surface area (Å²) in [6.07, 6.45) is 1.37. The van der Waals surface area contributed by atoms with Crippen LogP contribution in [0.25, 0.3) is 10.7 Å². The minimum Gasteiger partial charge on any atom is -0.375 e. The number of aromatic nitrogens is 5. The van der Waals surface area contributed by atoms with E-state index in [9.17, 15) is 5.26 Å². The quantitative estimate of drug-likeness (QED) is 0.259. The second-order valence-electron chi connectivity index (χ2n) is 9.10. The van der Waals surface area contributed by atoms with Gasteiger partial charge in [-0.05, 0) is 28.9 Å². The Morgan fingerprint density at radius 3 is 2.83 bits per heavy atom. The number of halogens is 2. The molecule has 6 rings (SSSR count). The summed E-state index contributed by atoms with van der Waals surface area (Å²) in [7, 11) is 1.62. The first kappa shape index (κ1) is 27.7. The van der Waals surface area contributed by atoms with Gasteiger partial charge in [0, 0.05) is 28.2 Å². The van der Waals surface area contributed by atoms with Crippen LogP contribution in [-0.4, -0.2) is 62.4 Å². The molecule has 6 atom stereocenters. The molecule has 0 aliphatic carbocycles. The summed E-state index contributed by atoms with van der Waals surface area (Å²) in [6.45, 7) is 2.14. The molecule has 0 N–H and O–H groups in total. The highest BCUT2D eigenvalue weighted by molar-refractivity contribution is 9.10. The minimum absolute atomic E-state index is 0.291. The van der Waals surface area contributed by atoms with Crippen molar-refractivity contribution in [3.05, 3.63) is 74.6 Å². The van der Waals surface area contributed by atoms with Gasteiger partial charge in [0.1, 0.15) is 50.9 Å². The Balaban J connectivity index is 1.37. The normalized spacial score (nSPS) is 26.3. The third-order valence-corrected chi connectivity index (χ3v) is 9.68. The largest absolute Gasteiger partial charge is 0.375 e. The van der Waals surface area contributed by atoms with E-state index in [0.29, 0.717) is 32.2 Å². The molecule has 1 aromatic carbocycles. The highest BCUT2D eigenvalue weighted by Crippen LogP contribution is 2.45. The van der Waals surface area contributed by atoms with Crippen molar-refractivity contribution in [1.29, 1.82) is 5.26 Å². The molecule has 10 nitrogen and oxygen atoms in total. The van der Waals surface area contributed by atoms with Gasteiger partial charge in [-0.15, -0.1) is 5.10 Å². The number of thiazole rings is 1. The van der Waals surface area contributed by atoms with Crippen LogP contribution in [0.15, 0.2) is 58.2 Å². The standard InChI is InChI=1S/C26H22BrClN6O4S2/c1-13-23(28)40-24(31-13)17-11-34(33-32-17)20-21-18(12-36-25(38-21)14-6-4-3-5-7-14)37-26(22(20)35-2)39-19-8-15(27)10-30-16(19)9-29/h3-8,10-11,18,20-22,25-26H,12H2,1-2H3. The van der Waals surface area contributed by atoms with E-state index in [-0.39, 0.29) is 0 Å². The van der Waals surface area contributed by atoms with E-state index in [1.807, 2.05) is 49.5 Å². The van der Waals surface area contributed by atoms with Crippen LogP contribution in [-0.2, 0) is 18.9 Å². The van der Waals surface area contributed by atoms with E-state index in [1.165, 1.54) is 23.1 Å². The van der Waals surface area contributed by atoms with Gasteiger partial charge in [-0.2, -0.15) is 5.26 Å². The topological polar surface area (TPSA) is 117 Å². The maximum atomic E-state index is 9.66. The fourth-order valence-corrected chi connectivity index (χ4v) is 7.47. The molecule has 0 amide bonds. The van der Waals surface area contributed by atoms with Gasteiger partial charge in [-0.1, -0.05) is 70.2 Å². The third kappa shape index (κ3) is 5.43. The molecule has 6 unspecified atom stereocenters. The predicted molar refractivity (Wildman–Crippen MR) is 152 cm³/mol. The van der Waals surface area contributed by atoms with Gasteiger partial charge >= 0.3 is 0 Å². The van der Waals surface area contributed by atoms with Gasteiger partial charge in [0.25, 0.3) is 0 Å². The lowest BCUT2D eigenvalue weighted by Gasteiger charge is -2.48. The smallest absolute Gasteiger partial charge is 0.184 e. The highest BCUT2D eigenvalue weighted by atomic mass is 79.9. The minimum atomic E-state index is -0.585. The maximum absolute atomic E-state index is 9.66. The summed E-state index contributed by atoms with van der Waals surface area (Å²) in [4.78, 5) is 9.43. The van der Waals surface area contributed by atoms with Crippen LogP contribution in [0.1, 0.15) is 29.3 Å². The lowest BCUT2D eigenvalue weighted by Crippen LogP contribution is -2.59. The fourth-order valence-electron chi connectivity index (χ4n) is 4.72. The first-order valence-electron chi connectivity index (χ1n) is 12.2. The molecule has 2 saturated heterocycles. The number of aryl methyl sites for hydroxylation is 1. The van der Waals surface area contributed by atoms with Crippen molar-refractivity contribution in [3.63, 3.8) is 0 Å². The lowest BCUT2D eigenvalue weighted by molar-refractivity contribution is -0.308. The van der Waals surface area contributed by atoms with E-state index in [0.717, 1.165) is 15.7 Å². The number of benzene rings is 1. The Labute approximate surface area is 251 Å². The molecule has 0 spiro atoms. The first-order chi connectivity index (χ1) is 19.4. The number of ether oxygens (including phenoxy) is 4. The molecule has 206 valence electrons. The van der Waals surface area contributed by atoms with Gasteiger partial charge < -0.3 is 18.9 Å². The lowest BCUT2D eigenvalue weighted by atomic mass is 9.96. The molecule has 2 fully saturated rings. The molecular weight excluding hydrogens is 640 g/mol. The Morgan fingerprint density at radius 1 is 1.27 bits per heavy atom. The van der Waals surface area contributed by atoms with Crippen molar-refractivity contribution < 1.29 is 18.9 Å². The zero-order chi connectivity index (χ0) is 27.8. The molecule has 5 heterocycles. The van der Waals surface area contributed by atoms with Crippen molar-refractivity contribution in [1.82, 2.24) is 25.0 Å². The number of thioether (sulfide) groups is 1. The summed E-state index contributed by atoms with van der Waals surface area (Å²) in [5.74, 6) is 0. The molecule has 2 aliphatic heterocycles. The van der Waals surface area contributed by atoms with Gasteiger partial charge in [0.2, 0.25) is 0 Å². The zero-order valence-corrected chi connectivity index (χ0v) is 25.2. The second-order valence-corrected chi connectivity index (χ2v) is 12.8. The molecule has 14 heteroatoms. The summed E-state index contributed by atoms with van der Waals surface area (Å²) < 4.78 is 28.4. The summed E-state index contributed by atoms with van der Waals surface area (Å²) >= 11 is 12.4. The second kappa shape index (κ2) is 11.8. The van der Waals surface area contributed by atoms with Crippen LogP contribution in [0.2, 0.25) is 4.34 Å². The van der Waals surface area contributed by atoms with E-state index in [1.54, 1.807) is 18.0 Å². The maximum Gasteiger partial charge on any atom is 0.184 e. The highest BCUT2D eigenvalue weighted by Gasteiger charge is 2.52. The van der Waals surface area contributed by atoms with Crippen molar-refractivity contribution in [2.24, 2.45) is 0 Å². The van der Waals surface area contributed by atoms with Crippen LogP contribution in [0, 0.1) is 18.3 Å². The molecule has 0 radical (unpaired) electrons. The van der Waals surface area contributed by atoms with Crippen molar-refractivity contribution in [2.75, 3.05) is 13.7 Å². The monoisotopic (exact) mass is 660 g/mol. The van der Waals surface area contributed by atoms with Crippen LogP contribution in [0.3, 0.4) is 0 Å². The van der Waals surface area contributed by atoms with E-state index < -0.39 is 36.1 Å². The van der Waals surface area contributed by atoms with Crippen molar-refractivity contribution in [2.45, 2.75) is 47.9 Å². The fraction of sp³-hybridized carbons (Fsp3) is 0.346. The summed E-state index contributed by atoms with van der Waals surface area (Å²) in [5, 5.41) is 19.2. The number of pyridine rings is 1. The van der Waals surface area contributed by atoms with Crippen LogP contribution >= 0.6 is 50.6 Å². The molecule has 0 bridgehead atoms. The van der Waals surface area contributed by atoms with Crippen LogP contribution in [0.5, 0.6) is 0 Å². The number of hydrogen-bond acceptors (Lipinski definition) is 11. The number of fused-ring (bicyclic) bond motifs is 1. The van der Waals surface area contributed by atoms with Crippen LogP contribution < -0.4 is 0 Å². The number of methoxy groups -OCH3 is 1. The van der Waals surface area contributed by atoms with Gasteiger partial charge in [-0.25, -0.2) is 14.6 Å². The molecule has 4 aromatic rings. The Bertz CT molecular complexity index is 1530. The van der Waals surface area contributed by atoms with Gasteiger partial charge in [0.05, 0.1) is 18.5 Å². The number of hydrogen-bond donors (Lipinski definition) is 0. The number of nitrogens with zero attached hydrogens (tertiary/aromatic N) is 6. The number of nitriles is 1. The SMILES string of the molecule is COC1C(Sc2cc(Br)cnc2C#N)OC2COC(c3ccccc3)OC2C1n1cc(-c2nc(C)c(Cl)s2)nn1. The first-order valence-corrected chi connectivity index (χ1v) is 15.1. The Morgan fingerprint density at radius 2 is 2.10 bits per heavy atom. The van der Waals surface area contributed by atoms with Crippen molar-refractivity contribution >= 4 is 50.6 Å². The van der Waals surface area contributed by atoms with Gasteiger partial charge in [0.15, 0.2) is 12.0 Å². The van der Waals surface area contributed by atoms with Crippen molar-refractivity contribution in [3.8, 4) is 16.8 Å². The van der Waals surface area contributed by atoms with Crippen LogP contribution in [0.4, 0.5) is 0 Å². The zero-order valence-electron chi connectivity index (χ0n) is 21.2. The average molecular weight is 662 g/mol. The molecule has 3 aromatic heterocycles. The molecule has 0 saturated carbocycles. The summed E-state index contributed by atoms with van der Waals surface area (Å²) in [5.41, 5.74) is 1.99. The Kier molecular flexibility index (Phi) is 8.21. The average Bonchev–Trinajstić information content (AvgIpc) is 3.59. The number of rotatable bonds is 6. The summed E-state index contributed by atoms with van der Waals surface area (Å²) in [6, 6.07) is 13.3. The van der Waals surface area contributed by atoms with E-state index >= 15 is 0 Å². The van der Waals surface area contributed by atoms with E-state index in [2.05, 4.69) is 42.3 Å². The predicted octanol–water partition coefficient (Wildman–Crippen LogP) is 5.58. The van der Waals surface area contributed by atoms with E-state index in [4.69, 9.17) is 30.5 Å². The molecule has 40 heavy (non-hydrogen) atoms.